The number of benzene rings is 4. The number of phenols is 1. The zero-order chi connectivity index (χ0) is 46.4. The first-order valence-corrected chi connectivity index (χ1v) is 21.6. The summed E-state index contributed by atoms with van der Waals surface area (Å²) in [5.41, 5.74) is 0.914. The molecule has 15 heteroatoms. The van der Waals surface area contributed by atoms with E-state index in [9.17, 15) is 29.1 Å². The van der Waals surface area contributed by atoms with Gasteiger partial charge in [0.15, 0.2) is 0 Å². The zero-order valence-corrected chi connectivity index (χ0v) is 37.8. The van der Waals surface area contributed by atoms with E-state index < -0.39 is 47.3 Å². The van der Waals surface area contributed by atoms with Crippen LogP contribution in [0.5, 0.6) is 5.75 Å². The van der Waals surface area contributed by atoms with E-state index in [2.05, 4.69) is 44.5 Å². The van der Waals surface area contributed by atoms with Crippen molar-refractivity contribution in [2.75, 3.05) is 13.1 Å². The zero-order valence-electron chi connectivity index (χ0n) is 37.8. The molecule has 1 heterocycles. The fraction of sp³-hybridized carbons (Fsp3) is 0.429. The average molecular weight is 879 g/mol. The number of carbonyl (C=O) groups is 5. The van der Waals surface area contributed by atoms with Gasteiger partial charge >= 0.3 is 12.2 Å². The molecule has 0 saturated carbocycles. The van der Waals surface area contributed by atoms with Crippen molar-refractivity contribution >= 4 is 46.6 Å². The highest BCUT2D eigenvalue weighted by atomic mass is 16.6. The minimum Gasteiger partial charge on any atom is -0.508 e. The second-order valence-electron chi connectivity index (χ2n) is 18.0. The van der Waals surface area contributed by atoms with Gasteiger partial charge in [-0.15, -0.1) is 0 Å². The van der Waals surface area contributed by atoms with Gasteiger partial charge in [0.05, 0.1) is 12.7 Å². The van der Waals surface area contributed by atoms with Crippen LogP contribution >= 0.6 is 0 Å². The molecule has 1 fully saturated rings. The van der Waals surface area contributed by atoms with Crippen LogP contribution in [0.15, 0.2) is 102 Å². The summed E-state index contributed by atoms with van der Waals surface area (Å²) in [6.45, 7) is 12.4. The van der Waals surface area contributed by atoms with Crippen molar-refractivity contribution < 1.29 is 43.3 Å². The van der Waals surface area contributed by atoms with Crippen LogP contribution in [0.2, 0.25) is 0 Å². The van der Waals surface area contributed by atoms with Crippen LogP contribution in [0.25, 0.3) is 10.8 Å². The van der Waals surface area contributed by atoms with Crippen LogP contribution < -0.4 is 21.3 Å². The highest BCUT2D eigenvalue weighted by Gasteiger charge is 2.39. The molecule has 1 aliphatic heterocycles. The molecule has 5 rings (SSSR count). The normalized spacial score (nSPS) is 16.0. The third-order valence-corrected chi connectivity index (χ3v) is 10.1. The van der Waals surface area contributed by atoms with Gasteiger partial charge < -0.3 is 34.9 Å². The quantitative estimate of drug-likeness (QED) is 0.0491. The van der Waals surface area contributed by atoms with E-state index in [1.807, 2.05) is 54.6 Å². The summed E-state index contributed by atoms with van der Waals surface area (Å²) in [4.78, 5) is 73.0. The molecule has 0 aromatic heterocycles. The van der Waals surface area contributed by atoms with Gasteiger partial charge in [-0.3, -0.25) is 30.0 Å². The van der Waals surface area contributed by atoms with E-state index in [1.165, 1.54) is 19.1 Å². The number of carbonyl (C=O) groups excluding carboxylic acids is 5. The third-order valence-electron chi connectivity index (χ3n) is 10.1. The largest absolute Gasteiger partial charge is 0.508 e. The fourth-order valence-corrected chi connectivity index (χ4v) is 7.35. The summed E-state index contributed by atoms with van der Waals surface area (Å²) in [5.74, 6) is -1.34. The Hall–Kier alpha value is -6.48. The van der Waals surface area contributed by atoms with E-state index in [0.29, 0.717) is 31.4 Å². The molecule has 1 saturated heterocycles. The summed E-state index contributed by atoms with van der Waals surface area (Å²) in [6, 6.07) is 27.6. The standard InChI is InChI=1S/C49H62N6O9/c1-32(56)51-41(27-34-20-23-39(57)24-21-34)43(58)52-42(28-33-14-9-8-10-15-33)44(59)55-30-40(62-31-35-19-22-36-16-11-12-17-37(36)26-35)29-38(55)18-13-25-50-45(53-46(60)63-48(2,3)4)54-47(61)64-49(5,6)7/h8-12,14-17,19-24,26,38,40-42,57H,13,18,25,27-31H2,1-7H3,(H,51,56)(H,52,58)(H2,50,53,54,60,61)/t38-,40+,41+,42+/m0/s1. The number of amides is 5. The highest BCUT2D eigenvalue weighted by molar-refractivity contribution is 6.01. The predicted octanol–water partition coefficient (Wildman–Crippen LogP) is 6.69. The number of ether oxygens (including phenoxy) is 3. The van der Waals surface area contributed by atoms with Crippen LogP contribution in [0.4, 0.5) is 9.59 Å². The maximum Gasteiger partial charge on any atom is 0.414 e. The van der Waals surface area contributed by atoms with Gasteiger partial charge in [-0.1, -0.05) is 78.9 Å². The van der Waals surface area contributed by atoms with Crippen LogP contribution in [-0.2, 0) is 48.0 Å². The molecule has 5 N–H and O–H groups in total. The van der Waals surface area contributed by atoms with Crippen molar-refractivity contribution in [2.24, 2.45) is 4.99 Å². The Morgan fingerprint density at radius 3 is 1.94 bits per heavy atom. The molecule has 0 radical (unpaired) electrons. The molecule has 4 aromatic carbocycles. The number of phenolic OH excluding ortho intramolecular Hbond substituents is 1. The van der Waals surface area contributed by atoms with Gasteiger partial charge in [-0.05, 0) is 106 Å². The number of aliphatic imine (C=N–C) groups is 1. The first-order chi connectivity index (χ1) is 30.3. The number of fused-ring (bicyclic) bond motifs is 1. The van der Waals surface area contributed by atoms with E-state index in [-0.39, 0.29) is 55.7 Å². The first-order valence-electron chi connectivity index (χ1n) is 21.6. The monoisotopic (exact) mass is 878 g/mol. The Bertz CT molecular complexity index is 2220. The van der Waals surface area contributed by atoms with Gasteiger partial charge in [0, 0.05) is 38.9 Å². The Balaban J connectivity index is 1.38. The van der Waals surface area contributed by atoms with Crippen LogP contribution in [-0.4, -0.2) is 94.4 Å². The van der Waals surface area contributed by atoms with Gasteiger partial charge in [0.25, 0.3) is 0 Å². The van der Waals surface area contributed by atoms with Crippen molar-refractivity contribution in [3.05, 3.63) is 114 Å². The van der Waals surface area contributed by atoms with Gasteiger partial charge in [-0.2, -0.15) is 0 Å². The average Bonchev–Trinajstić information content (AvgIpc) is 3.63. The number of aromatic hydroxyl groups is 1. The minimum absolute atomic E-state index is 0.0692. The molecule has 5 amide bonds. The second-order valence-corrected chi connectivity index (χ2v) is 18.0. The lowest BCUT2D eigenvalue weighted by Crippen LogP contribution is -2.56. The van der Waals surface area contributed by atoms with E-state index >= 15 is 0 Å². The van der Waals surface area contributed by atoms with Crippen molar-refractivity contribution in [2.45, 2.75) is 123 Å². The first kappa shape index (κ1) is 48.6. The predicted molar refractivity (Wildman–Crippen MR) is 244 cm³/mol. The summed E-state index contributed by atoms with van der Waals surface area (Å²) < 4.78 is 17.3. The van der Waals surface area contributed by atoms with Crippen LogP contribution in [0, 0.1) is 0 Å². The number of likely N-dealkylation sites (tertiary alicyclic amines) is 1. The number of guanidine groups is 1. The maximum absolute atomic E-state index is 14.9. The molecule has 0 unspecified atom stereocenters. The van der Waals surface area contributed by atoms with E-state index in [0.717, 1.165) is 21.9 Å². The molecule has 0 aliphatic carbocycles. The van der Waals surface area contributed by atoms with Crippen molar-refractivity contribution in [1.82, 2.24) is 26.2 Å². The highest BCUT2D eigenvalue weighted by Crippen LogP contribution is 2.27. The lowest BCUT2D eigenvalue weighted by Gasteiger charge is -2.30. The molecule has 64 heavy (non-hydrogen) atoms. The van der Waals surface area contributed by atoms with E-state index in [1.54, 1.807) is 58.6 Å². The van der Waals surface area contributed by atoms with Crippen molar-refractivity contribution in [3.8, 4) is 5.75 Å². The SMILES string of the molecule is CC(=O)N[C@H](Cc1ccc(O)cc1)C(=O)N[C@H](Cc1ccccc1)C(=O)N1C[C@H](OCc2ccc3ccccc3c2)C[C@@H]1CCCN=C(NC(=O)OC(C)(C)C)NC(=O)OC(C)(C)C. The van der Waals surface area contributed by atoms with Gasteiger partial charge in [0.2, 0.25) is 23.7 Å². The lowest BCUT2D eigenvalue weighted by atomic mass is 10.0. The topological polar surface area (TPSA) is 197 Å². The molecular weight excluding hydrogens is 817 g/mol. The minimum atomic E-state index is -1.01. The van der Waals surface area contributed by atoms with Crippen molar-refractivity contribution in [1.29, 1.82) is 0 Å². The molecular formula is C49H62N6O9. The number of hydrogen-bond donors (Lipinski definition) is 5. The third kappa shape index (κ3) is 16.0. The number of nitrogens with zero attached hydrogens (tertiary/aromatic N) is 2. The smallest absolute Gasteiger partial charge is 0.414 e. The summed E-state index contributed by atoms with van der Waals surface area (Å²) in [6.07, 6.45) is -0.228. The van der Waals surface area contributed by atoms with Crippen molar-refractivity contribution in [3.63, 3.8) is 0 Å². The summed E-state index contributed by atoms with van der Waals surface area (Å²) >= 11 is 0. The van der Waals surface area contributed by atoms with Crippen LogP contribution in [0.3, 0.4) is 0 Å². The maximum atomic E-state index is 14.9. The Labute approximate surface area is 375 Å². The Kier molecular flexibility index (Phi) is 16.9. The number of rotatable bonds is 15. The second kappa shape index (κ2) is 22.2. The number of alkyl carbamates (subject to hydrolysis) is 2. The van der Waals surface area contributed by atoms with E-state index in [4.69, 9.17) is 14.2 Å². The Morgan fingerprint density at radius 1 is 0.734 bits per heavy atom. The molecule has 15 nitrogen and oxygen atoms in total. The summed E-state index contributed by atoms with van der Waals surface area (Å²) in [7, 11) is 0. The van der Waals surface area contributed by atoms with Gasteiger partial charge in [0.1, 0.15) is 29.0 Å². The molecule has 0 bridgehead atoms. The number of nitrogens with one attached hydrogen (secondary N) is 4. The molecule has 4 atom stereocenters. The van der Waals surface area contributed by atoms with Crippen LogP contribution in [0.1, 0.15) is 84.4 Å². The lowest BCUT2D eigenvalue weighted by molar-refractivity contribution is -0.138. The van der Waals surface area contributed by atoms with Gasteiger partial charge in [-0.25, -0.2) is 9.59 Å². The molecule has 1 aliphatic rings. The summed E-state index contributed by atoms with van der Waals surface area (Å²) in [5, 5.41) is 22.7. The fourth-order valence-electron chi connectivity index (χ4n) is 7.35. The molecule has 4 aromatic rings. The number of hydrogen-bond acceptors (Lipinski definition) is 10. The molecule has 342 valence electrons. The molecule has 0 spiro atoms. The Morgan fingerprint density at radius 2 is 1.31 bits per heavy atom.